The quantitative estimate of drug-likeness (QED) is 0.591. The molecule has 1 heteroatoms. The average molecular weight is 176 g/mol. The Morgan fingerprint density at radius 1 is 1.69 bits per heavy atom. The molecule has 3 rings (SSSR count). The van der Waals surface area contributed by atoms with E-state index in [9.17, 15) is 4.79 Å². The maximum absolute atomic E-state index is 11.5. The Balaban J connectivity index is 2.28. The number of carbonyl (C=O) groups excluding carboxylic acids is 1. The molecule has 2 unspecified atom stereocenters. The number of hydrogen-bond acceptors (Lipinski definition) is 1. The van der Waals surface area contributed by atoms with Crippen LogP contribution in [0.4, 0.5) is 0 Å². The van der Waals surface area contributed by atoms with Crippen molar-refractivity contribution in [3.05, 3.63) is 24.3 Å². The van der Waals surface area contributed by atoms with Gasteiger partial charge in [-0.3, -0.25) is 4.79 Å². The summed E-state index contributed by atoms with van der Waals surface area (Å²) in [4.78, 5) is 11.5. The Morgan fingerprint density at radius 3 is 2.85 bits per heavy atom. The van der Waals surface area contributed by atoms with Crippen molar-refractivity contribution in [1.29, 1.82) is 0 Å². The van der Waals surface area contributed by atoms with Gasteiger partial charge in [-0.2, -0.15) is 0 Å². The van der Waals surface area contributed by atoms with Gasteiger partial charge < -0.3 is 0 Å². The molecule has 0 aromatic carbocycles. The van der Waals surface area contributed by atoms with Crippen molar-refractivity contribution in [3.8, 4) is 0 Å². The highest BCUT2D eigenvalue weighted by Gasteiger charge is 2.52. The SMILES string of the molecule is C=CC(=O)C1=CCC2CC1C2(C)C. The summed E-state index contributed by atoms with van der Waals surface area (Å²) in [6.07, 6.45) is 5.85. The number of ketones is 1. The van der Waals surface area contributed by atoms with E-state index in [-0.39, 0.29) is 5.78 Å². The third kappa shape index (κ3) is 1.03. The second kappa shape index (κ2) is 2.57. The minimum Gasteiger partial charge on any atom is -0.290 e. The molecular weight excluding hydrogens is 160 g/mol. The smallest absolute Gasteiger partial charge is 0.181 e. The molecular formula is C12H16O. The van der Waals surface area contributed by atoms with E-state index in [0.29, 0.717) is 11.3 Å². The number of carbonyl (C=O) groups is 1. The Hall–Kier alpha value is -0.850. The maximum Gasteiger partial charge on any atom is 0.181 e. The predicted octanol–water partition coefficient (Wildman–Crippen LogP) is 2.73. The van der Waals surface area contributed by atoms with Gasteiger partial charge in [0.15, 0.2) is 5.78 Å². The molecule has 0 aliphatic heterocycles. The monoisotopic (exact) mass is 176 g/mol. The molecule has 2 atom stereocenters. The first-order valence-electron chi connectivity index (χ1n) is 4.94. The van der Waals surface area contributed by atoms with Crippen molar-refractivity contribution in [2.45, 2.75) is 26.7 Å². The highest BCUT2D eigenvalue weighted by molar-refractivity contribution is 6.04. The van der Waals surface area contributed by atoms with Gasteiger partial charge in [-0.05, 0) is 41.7 Å². The van der Waals surface area contributed by atoms with E-state index in [4.69, 9.17) is 0 Å². The minimum absolute atomic E-state index is 0.135. The van der Waals surface area contributed by atoms with Crippen LogP contribution in [0.15, 0.2) is 24.3 Å². The highest BCUT2D eigenvalue weighted by Crippen LogP contribution is 2.59. The van der Waals surface area contributed by atoms with Gasteiger partial charge in [-0.15, -0.1) is 0 Å². The lowest BCUT2D eigenvalue weighted by Crippen LogP contribution is -2.49. The van der Waals surface area contributed by atoms with Gasteiger partial charge in [0.2, 0.25) is 0 Å². The molecule has 13 heavy (non-hydrogen) atoms. The van der Waals surface area contributed by atoms with Crippen LogP contribution in [0.25, 0.3) is 0 Å². The predicted molar refractivity (Wildman–Crippen MR) is 53.3 cm³/mol. The molecule has 0 amide bonds. The summed E-state index contributed by atoms with van der Waals surface area (Å²) >= 11 is 0. The second-order valence-corrected chi connectivity index (χ2v) is 4.77. The molecule has 0 aromatic rings. The summed E-state index contributed by atoms with van der Waals surface area (Å²) in [5.74, 6) is 1.44. The van der Waals surface area contributed by atoms with Crippen LogP contribution in [0.2, 0.25) is 0 Å². The Labute approximate surface area is 79.5 Å². The lowest BCUT2D eigenvalue weighted by molar-refractivity contribution is -0.114. The molecule has 0 radical (unpaired) electrons. The van der Waals surface area contributed by atoms with Crippen molar-refractivity contribution < 1.29 is 4.79 Å². The normalized spacial score (nSPS) is 34.5. The molecule has 1 saturated carbocycles. The summed E-state index contributed by atoms with van der Waals surface area (Å²) < 4.78 is 0. The molecule has 70 valence electrons. The van der Waals surface area contributed by atoms with Crippen molar-refractivity contribution in [3.63, 3.8) is 0 Å². The fourth-order valence-electron chi connectivity index (χ4n) is 2.75. The Morgan fingerprint density at radius 2 is 2.38 bits per heavy atom. The zero-order chi connectivity index (χ0) is 9.64. The van der Waals surface area contributed by atoms with Crippen molar-refractivity contribution in [2.24, 2.45) is 17.3 Å². The fraction of sp³-hybridized carbons (Fsp3) is 0.583. The number of rotatable bonds is 2. The van der Waals surface area contributed by atoms with Crippen molar-refractivity contribution in [2.75, 3.05) is 0 Å². The van der Waals surface area contributed by atoms with E-state index in [2.05, 4.69) is 26.5 Å². The van der Waals surface area contributed by atoms with Gasteiger partial charge in [0, 0.05) is 0 Å². The molecule has 0 heterocycles. The van der Waals surface area contributed by atoms with Gasteiger partial charge in [0.05, 0.1) is 0 Å². The lowest BCUT2D eigenvalue weighted by atomic mass is 9.48. The summed E-state index contributed by atoms with van der Waals surface area (Å²) in [5.41, 5.74) is 1.37. The standard InChI is InChI=1S/C12H16O/c1-4-11(13)9-6-5-8-7-10(9)12(8,2)3/h4,6,8,10H,1,5,7H2,2-3H3. The number of hydrogen-bond donors (Lipinski definition) is 0. The second-order valence-electron chi connectivity index (χ2n) is 4.77. The minimum atomic E-state index is 0.135. The first kappa shape index (κ1) is 8.74. The summed E-state index contributed by atoms with van der Waals surface area (Å²) in [6, 6.07) is 0. The van der Waals surface area contributed by atoms with Crippen LogP contribution in [-0.4, -0.2) is 5.78 Å². The van der Waals surface area contributed by atoms with Gasteiger partial charge in [0.1, 0.15) is 0 Å². The van der Waals surface area contributed by atoms with E-state index >= 15 is 0 Å². The third-order valence-electron chi connectivity index (χ3n) is 3.94. The molecule has 2 bridgehead atoms. The van der Waals surface area contributed by atoms with E-state index in [1.54, 1.807) is 0 Å². The van der Waals surface area contributed by atoms with Gasteiger partial charge in [-0.1, -0.05) is 26.5 Å². The molecule has 0 spiro atoms. The van der Waals surface area contributed by atoms with E-state index in [1.165, 1.54) is 12.5 Å². The lowest BCUT2D eigenvalue weighted by Gasteiger charge is -2.55. The van der Waals surface area contributed by atoms with Crippen LogP contribution in [-0.2, 0) is 4.79 Å². The number of fused-ring (bicyclic) bond motifs is 1. The van der Waals surface area contributed by atoms with Crippen LogP contribution < -0.4 is 0 Å². The van der Waals surface area contributed by atoms with Crippen molar-refractivity contribution in [1.82, 2.24) is 0 Å². The fourth-order valence-corrected chi connectivity index (χ4v) is 2.75. The van der Waals surface area contributed by atoms with Gasteiger partial charge in [-0.25, -0.2) is 0 Å². The van der Waals surface area contributed by atoms with Crippen LogP contribution in [0.1, 0.15) is 26.7 Å². The van der Waals surface area contributed by atoms with Gasteiger partial charge in [0.25, 0.3) is 0 Å². The van der Waals surface area contributed by atoms with E-state index in [1.807, 2.05) is 0 Å². The first-order chi connectivity index (χ1) is 6.07. The molecule has 1 fully saturated rings. The average Bonchev–Trinajstić information content (AvgIpc) is 2.16. The van der Waals surface area contributed by atoms with Gasteiger partial charge >= 0.3 is 0 Å². The summed E-state index contributed by atoms with van der Waals surface area (Å²) in [5, 5.41) is 0. The highest BCUT2D eigenvalue weighted by atomic mass is 16.1. The zero-order valence-electron chi connectivity index (χ0n) is 8.34. The van der Waals surface area contributed by atoms with Crippen LogP contribution in [0.5, 0.6) is 0 Å². The summed E-state index contributed by atoms with van der Waals surface area (Å²) in [6.45, 7) is 8.09. The molecule has 0 aromatic heterocycles. The first-order valence-corrected chi connectivity index (χ1v) is 4.94. The summed E-state index contributed by atoms with van der Waals surface area (Å²) in [7, 11) is 0. The molecule has 3 aliphatic rings. The molecule has 0 N–H and O–H groups in total. The molecule has 0 saturated heterocycles. The Kier molecular flexibility index (Phi) is 1.73. The van der Waals surface area contributed by atoms with Crippen LogP contribution in [0.3, 0.4) is 0 Å². The molecule has 1 nitrogen and oxygen atoms in total. The number of allylic oxidation sites excluding steroid dienone is 3. The third-order valence-corrected chi connectivity index (χ3v) is 3.94. The zero-order valence-corrected chi connectivity index (χ0v) is 8.34. The largest absolute Gasteiger partial charge is 0.290 e. The van der Waals surface area contributed by atoms with E-state index in [0.717, 1.165) is 17.9 Å². The molecule has 3 aliphatic carbocycles. The van der Waals surface area contributed by atoms with E-state index < -0.39 is 0 Å². The van der Waals surface area contributed by atoms with Crippen LogP contribution >= 0.6 is 0 Å². The Bertz CT molecular complexity index is 296. The van der Waals surface area contributed by atoms with Crippen molar-refractivity contribution >= 4 is 5.78 Å². The maximum atomic E-state index is 11.5. The van der Waals surface area contributed by atoms with Crippen LogP contribution in [0, 0.1) is 17.3 Å². The topological polar surface area (TPSA) is 17.1 Å².